The molecule has 0 aliphatic carbocycles. The van der Waals surface area contributed by atoms with Crippen LogP contribution in [0.5, 0.6) is 0 Å². The minimum Gasteiger partial charge on any atom is -0.460 e. The molecule has 0 amide bonds. The molecule has 0 aromatic heterocycles. The Labute approximate surface area is 114 Å². The second kappa shape index (κ2) is 8.41. The Kier molecular flexibility index (Phi) is 8.03. The highest BCUT2D eigenvalue weighted by Gasteiger charge is 2.38. The fourth-order valence-corrected chi connectivity index (χ4v) is 2.07. The molecular weight excluding hydrogens is 304 g/mol. The lowest BCUT2D eigenvalue weighted by Gasteiger charge is -2.16. The first-order valence-corrected chi connectivity index (χ1v) is 7.09. The maximum Gasteiger partial charge on any atom is 0.474 e. The van der Waals surface area contributed by atoms with Gasteiger partial charge in [0.25, 0.3) is 0 Å². The van der Waals surface area contributed by atoms with Crippen molar-refractivity contribution in [2.75, 3.05) is 26.4 Å². The maximum atomic E-state index is 12.1. The maximum absolute atomic E-state index is 12.1. The van der Waals surface area contributed by atoms with Gasteiger partial charge in [-0.05, 0) is 13.8 Å². The van der Waals surface area contributed by atoms with Crippen molar-refractivity contribution < 1.29 is 40.8 Å². The van der Waals surface area contributed by atoms with Gasteiger partial charge in [-0.25, -0.2) is 9.36 Å². The van der Waals surface area contributed by atoms with Crippen LogP contribution in [-0.2, 0) is 27.7 Å². The first kappa shape index (κ1) is 19.1. The topological polar surface area (TPSA) is 71.1 Å². The van der Waals surface area contributed by atoms with Crippen LogP contribution in [-0.4, -0.2) is 38.6 Å². The molecule has 0 spiro atoms. The van der Waals surface area contributed by atoms with Crippen LogP contribution >= 0.6 is 7.82 Å². The molecule has 0 aliphatic heterocycles. The average Bonchev–Trinajstić information content (AvgIpc) is 2.33. The molecule has 0 radical (unpaired) electrons. The molecule has 0 heterocycles. The minimum absolute atomic E-state index is 0.0575. The van der Waals surface area contributed by atoms with Gasteiger partial charge >= 0.3 is 20.0 Å². The number of ether oxygens (including phenoxy) is 1. The third-order valence-corrected chi connectivity index (χ3v) is 3.38. The monoisotopic (exact) mass is 320 g/mol. The Morgan fingerprint density at radius 3 is 2.00 bits per heavy atom. The summed E-state index contributed by atoms with van der Waals surface area (Å²) in [6.07, 6.45) is -4.86. The van der Waals surface area contributed by atoms with E-state index in [0.717, 1.165) is 0 Å². The zero-order chi connectivity index (χ0) is 15.8. The van der Waals surface area contributed by atoms with Gasteiger partial charge in [0.05, 0.1) is 19.8 Å². The van der Waals surface area contributed by atoms with Crippen LogP contribution in [0.1, 0.15) is 13.8 Å². The quantitative estimate of drug-likeness (QED) is 0.281. The summed E-state index contributed by atoms with van der Waals surface area (Å²) in [5, 5.41) is 0. The summed E-state index contributed by atoms with van der Waals surface area (Å²) < 4.78 is 66.5. The first-order chi connectivity index (χ1) is 9.16. The van der Waals surface area contributed by atoms with Gasteiger partial charge in [-0.15, -0.1) is 0 Å². The van der Waals surface area contributed by atoms with E-state index in [1.165, 1.54) is 0 Å². The number of phosphoric ester groups is 1. The van der Waals surface area contributed by atoms with Crippen LogP contribution in [0.4, 0.5) is 13.2 Å². The van der Waals surface area contributed by atoms with E-state index in [1.54, 1.807) is 13.8 Å². The van der Waals surface area contributed by atoms with E-state index < -0.39 is 38.8 Å². The van der Waals surface area contributed by atoms with Crippen LogP contribution in [0, 0.1) is 0 Å². The van der Waals surface area contributed by atoms with Crippen molar-refractivity contribution in [3.63, 3.8) is 0 Å². The standard InChI is InChI=1S/C10H16F3O6P/c1-4-17-20(15,18-5-2)19-7-6-16-9(14)8(3)10(11,12)13/h3-7H2,1-2H3. The van der Waals surface area contributed by atoms with Gasteiger partial charge in [-0.1, -0.05) is 6.58 Å². The molecule has 0 bridgehead atoms. The zero-order valence-electron chi connectivity index (χ0n) is 11.1. The predicted molar refractivity (Wildman–Crippen MR) is 63.0 cm³/mol. The predicted octanol–water partition coefficient (Wildman–Crippen LogP) is 2.85. The Morgan fingerprint density at radius 1 is 1.10 bits per heavy atom. The number of esters is 1. The van der Waals surface area contributed by atoms with Crippen molar-refractivity contribution in [1.82, 2.24) is 0 Å². The number of carbonyl (C=O) groups is 1. The van der Waals surface area contributed by atoms with Gasteiger partial charge in [-0.3, -0.25) is 13.6 Å². The van der Waals surface area contributed by atoms with Crippen molar-refractivity contribution in [2.45, 2.75) is 20.0 Å². The van der Waals surface area contributed by atoms with Crippen LogP contribution in [0.25, 0.3) is 0 Å². The molecule has 0 fully saturated rings. The Morgan fingerprint density at radius 2 is 1.60 bits per heavy atom. The molecule has 118 valence electrons. The number of hydrogen-bond donors (Lipinski definition) is 0. The van der Waals surface area contributed by atoms with Crippen molar-refractivity contribution in [3.8, 4) is 0 Å². The molecule has 20 heavy (non-hydrogen) atoms. The van der Waals surface area contributed by atoms with E-state index in [9.17, 15) is 22.5 Å². The lowest BCUT2D eigenvalue weighted by atomic mass is 10.3. The SMILES string of the molecule is C=C(C(=O)OCCOP(=O)(OCC)OCC)C(F)(F)F. The third kappa shape index (κ3) is 7.04. The van der Waals surface area contributed by atoms with Crippen molar-refractivity contribution in [1.29, 1.82) is 0 Å². The van der Waals surface area contributed by atoms with Crippen LogP contribution in [0.3, 0.4) is 0 Å². The molecule has 0 saturated carbocycles. The summed E-state index contributed by atoms with van der Waals surface area (Å²) >= 11 is 0. The molecule has 0 rings (SSSR count). The van der Waals surface area contributed by atoms with E-state index in [2.05, 4.69) is 11.3 Å². The zero-order valence-corrected chi connectivity index (χ0v) is 12.0. The smallest absolute Gasteiger partial charge is 0.460 e. The second-order valence-electron chi connectivity index (χ2n) is 3.23. The van der Waals surface area contributed by atoms with Crippen LogP contribution in [0.15, 0.2) is 12.2 Å². The van der Waals surface area contributed by atoms with Crippen molar-refractivity contribution in [3.05, 3.63) is 12.2 Å². The molecule has 6 nitrogen and oxygen atoms in total. The third-order valence-electron chi connectivity index (χ3n) is 1.73. The fraction of sp³-hybridized carbons (Fsp3) is 0.700. The molecule has 0 atom stereocenters. The molecular formula is C10H16F3O6P. The number of halogens is 3. The first-order valence-electron chi connectivity index (χ1n) is 5.63. The molecule has 10 heteroatoms. The summed E-state index contributed by atoms with van der Waals surface area (Å²) in [4.78, 5) is 10.9. The second-order valence-corrected chi connectivity index (χ2v) is 4.90. The number of alkyl halides is 3. The van der Waals surface area contributed by atoms with E-state index in [4.69, 9.17) is 13.6 Å². The highest BCUT2D eigenvalue weighted by atomic mass is 31.2. The fourth-order valence-electron chi connectivity index (χ4n) is 0.914. The summed E-state index contributed by atoms with van der Waals surface area (Å²) in [5.41, 5.74) is -1.63. The van der Waals surface area contributed by atoms with E-state index >= 15 is 0 Å². The van der Waals surface area contributed by atoms with Gasteiger partial charge in [0.2, 0.25) is 0 Å². The van der Waals surface area contributed by atoms with E-state index in [0.29, 0.717) is 0 Å². The number of phosphoric acid groups is 1. The normalized spacial score (nSPS) is 12.2. The largest absolute Gasteiger partial charge is 0.474 e. The molecule has 0 aromatic carbocycles. The number of rotatable bonds is 9. The molecule has 0 aliphatic rings. The summed E-state index contributed by atoms with van der Waals surface area (Å²) in [6.45, 7) is 4.82. The van der Waals surface area contributed by atoms with Crippen LogP contribution in [0.2, 0.25) is 0 Å². The van der Waals surface area contributed by atoms with Gasteiger partial charge in [0.1, 0.15) is 12.2 Å². The Hall–Kier alpha value is -0.890. The van der Waals surface area contributed by atoms with Crippen molar-refractivity contribution >= 4 is 13.8 Å². The molecule has 0 unspecified atom stereocenters. The van der Waals surface area contributed by atoms with Gasteiger partial charge in [0.15, 0.2) is 0 Å². The highest BCUT2D eigenvalue weighted by Crippen LogP contribution is 2.48. The van der Waals surface area contributed by atoms with E-state index in [1.807, 2.05) is 0 Å². The number of hydrogen-bond acceptors (Lipinski definition) is 6. The molecule has 0 aromatic rings. The van der Waals surface area contributed by atoms with Crippen LogP contribution < -0.4 is 0 Å². The number of carbonyl (C=O) groups excluding carboxylic acids is 1. The minimum atomic E-state index is -4.86. The van der Waals surface area contributed by atoms with Gasteiger partial charge < -0.3 is 4.74 Å². The Balaban J connectivity index is 4.16. The average molecular weight is 320 g/mol. The Bertz CT molecular complexity index is 372. The lowest BCUT2D eigenvalue weighted by Crippen LogP contribution is -2.22. The van der Waals surface area contributed by atoms with Crippen molar-refractivity contribution in [2.24, 2.45) is 0 Å². The summed E-state index contributed by atoms with van der Waals surface area (Å²) in [6, 6.07) is 0. The summed E-state index contributed by atoms with van der Waals surface area (Å²) in [7, 11) is -3.77. The van der Waals surface area contributed by atoms with Gasteiger partial charge in [-0.2, -0.15) is 13.2 Å². The van der Waals surface area contributed by atoms with E-state index in [-0.39, 0.29) is 13.2 Å². The lowest BCUT2D eigenvalue weighted by molar-refractivity contribution is -0.151. The molecule has 0 N–H and O–H groups in total. The van der Waals surface area contributed by atoms with Gasteiger partial charge in [0, 0.05) is 0 Å². The summed E-state index contributed by atoms with van der Waals surface area (Å²) in [5.74, 6) is -1.62. The highest BCUT2D eigenvalue weighted by molar-refractivity contribution is 7.48. The molecule has 0 saturated heterocycles.